The Balaban J connectivity index is 3.23. The van der Waals surface area contributed by atoms with Gasteiger partial charge in [-0.2, -0.15) is 4.91 Å². The van der Waals surface area contributed by atoms with Crippen molar-refractivity contribution in [1.82, 2.24) is 0 Å². The molecular weight excluding hydrogens is 224 g/mol. The van der Waals surface area contributed by atoms with Crippen molar-refractivity contribution in [3.8, 4) is 0 Å². The van der Waals surface area contributed by atoms with E-state index in [1.165, 1.54) is 14.2 Å². The molecule has 0 fully saturated rings. The van der Waals surface area contributed by atoms with Crippen LogP contribution in [0, 0.1) is 4.91 Å². The molecule has 0 aliphatic rings. The first-order chi connectivity index (χ1) is 8.24. The predicted molar refractivity (Wildman–Crippen MR) is 61.5 cm³/mol. The van der Waals surface area contributed by atoms with Crippen LogP contribution in [0.2, 0.25) is 0 Å². The summed E-state index contributed by atoms with van der Waals surface area (Å²) in [5, 5.41) is 6.40. The van der Waals surface area contributed by atoms with Gasteiger partial charge in [-0.25, -0.2) is 4.79 Å². The predicted octanol–water partition coefficient (Wildman–Crippen LogP) is 1.48. The molecule has 0 N–H and O–H groups in total. The average Bonchev–Trinajstić information content (AvgIpc) is 2.36. The van der Waals surface area contributed by atoms with E-state index >= 15 is 0 Å². The zero-order valence-electron chi connectivity index (χ0n) is 9.54. The van der Waals surface area contributed by atoms with Crippen molar-refractivity contribution in [3.05, 3.63) is 40.3 Å². The van der Waals surface area contributed by atoms with Crippen LogP contribution in [0.15, 0.2) is 34.6 Å². The minimum atomic E-state index is -0.634. The molecule has 1 aromatic rings. The third-order valence-electron chi connectivity index (χ3n) is 2.07. The molecule has 90 valence electrons. The van der Waals surface area contributed by atoms with Gasteiger partial charge in [0.2, 0.25) is 0 Å². The van der Waals surface area contributed by atoms with Gasteiger partial charge in [-0.15, -0.1) is 0 Å². The molecule has 0 heterocycles. The smallest absolute Gasteiger partial charge is 0.360 e. The Hall–Kier alpha value is -2.24. The zero-order chi connectivity index (χ0) is 12.7. The molecule has 0 radical (unpaired) electrons. The van der Waals surface area contributed by atoms with E-state index in [0.29, 0.717) is 11.1 Å². The number of rotatable bonds is 5. The highest BCUT2D eigenvalue weighted by molar-refractivity contribution is 6.43. The van der Waals surface area contributed by atoms with Crippen LogP contribution in [0.4, 0.5) is 0 Å². The van der Waals surface area contributed by atoms with E-state index in [2.05, 4.69) is 19.9 Å². The first-order valence-corrected chi connectivity index (χ1v) is 4.81. The Morgan fingerprint density at radius 3 is 2.59 bits per heavy atom. The summed E-state index contributed by atoms with van der Waals surface area (Å²) in [4.78, 5) is 26.4. The number of oxime groups is 1. The van der Waals surface area contributed by atoms with E-state index < -0.39 is 5.97 Å². The van der Waals surface area contributed by atoms with Crippen molar-refractivity contribution in [2.75, 3.05) is 14.2 Å². The van der Waals surface area contributed by atoms with E-state index in [1.54, 1.807) is 24.3 Å². The van der Waals surface area contributed by atoms with Gasteiger partial charge < -0.3 is 9.57 Å². The van der Waals surface area contributed by atoms with Crippen molar-refractivity contribution in [1.29, 1.82) is 0 Å². The van der Waals surface area contributed by atoms with Crippen LogP contribution in [0.5, 0.6) is 0 Å². The normalized spacial score (nSPS) is 10.8. The molecule has 0 atom stereocenters. The number of nitroso groups, excluding NO2 is 1. The van der Waals surface area contributed by atoms with Crippen LogP contribution in [-0.2, 0) is 20.9 Å². The van der Waals surface area contributed by atoms with E-state index in [0.717, 1.165) is 0 Å². The largest absolute Gasteiger partial charge is 0.464 e. The lowest BCUT2D eigenvalue weighted by atomic mass is 10.0. The molecule has 0 amide bonds. The molecule has 0 aromatic heterocycles. The molecule has 0 bridgehead atoms. The summed E-state index contributed by atoms with van der Waals surface area (Å²) in [6, 6.07) is 6.80. The van der Waals surface area contributed by atoms with Gasteiger partial charge in [0, 0.05) is 5.56 Å². The lowest BCUT2D eigenvalue weighted by molar-refractivity contribution is -0.132. The number of benzene rings is 1. The van der Waals surface area contributed by atoms with Crippen LogP contribution in [-0.4, -0.2) is 25.9 Å². The molecule has 0 saturated carbocycles. The molecular formula is C11H12N2O4. The van der Waals surface area contributed by atoms with E-state index in [-0.39, 0.29) is 12.3 Å². The fourth-order valence-electron chi connectivity index (χ4n) is 1.34. The van der Waals surface area contributed by atoms with Gasteiger partial charge in [-0.1, -0.05) is 34.6 Å². The number of esters is 1. The summed E-state index contributed by atoms with van der Waals surface area (Å²) in [6.07, 6.45) is 0. The van der Waals surface area contributed by atoms with Crippen LogP contribution < -0.4 is 0 Å². The number of methoxy groups -OCH3 is 1. The van der Waals surface area contributed by atoms with Crippen molar-refractivity contribution >= 4 is 11.7 Å². The number of ether oxygens (including phenoxy) is 1. The summed E-state index contributed by atoms with van der Waals surface area (Å²) in [5.74, 6) is -0.634. The summed E-state index contributed by atoms with van der Waals surface area (Å²) in [7, 11) is 2.57. The highest BCUT2D eigenvalue weighted by Crippen LogP contribution is 2.12. The molecule has 6 heteroatoms. The molecule has 0 aliphatic carbocycles. The van der Waals surface area contributed by atoms with Gasteiger partial charge in [-0.3, -0.25) is 0 Å². The standard InChI is InChI=1S/C11H12N2O4/c1-16-11(14)10(13-17-2)9-6-4-3-5-8(9)7-12-15/h3-6H,7H2,1-2H3. The number of carbonyl (C=O) groups is 1. The third kappa shape index (κ3) is 3.10. The Kier molecular flexibility index (Phi) is 4.80. The van der Waals surface area contributed by atoms with Crippen LogP contribution in [0.3, 0.4) is 0 Å². The maximum Gasteiger partial charge on any atom is 0.360 e. The van der Waals surface area contributed by atoms with Gasteiger partial charge in [0.1, 0.15) is 13.7 Å². The second-order valence-corrected chi connectivity index (χ2v) is 3.06. The van der Waals surface area contributed by atoms with Gasteiger partial charge in [0.05, 0.1) is 7.11 Å². The van der Waals surface area contributed by atoms with E-state index in [4.69, 9.17) is 0 Å². The van der Waals surface area contributed by atoms with Crippen molar-refractivity contribution in [3.63, 3.8) is 0 Å². The molecule has 1 rings (SSSR count). The first kappa shape index (κ1) is 12.8. The number of carbonyl (C=O) groups excluding carboxylic acids is 1. The number of hydrogen-bond donors (Lipinski definition) is 0. The third-order valence-corrected chi connectivity index (χ3v) is 2.07. The quantitative estimate of drug-likeness (QED) is 0.336. The molecule has 0 saturated heterocycles. The summed E-state index contributed by atoms with van der Waals surface area (Å²) in [6.45, 7) is -0.0457. The minimum Gasteiger partial charge on any atom is -0.464 e. The van der Waals surface area contributed by atoms with E-state index in [9.17, 15) is 9.70 Å². The van der Waals surface area contributed by atoms with Crippen LogP contribution >= 0.6 is 0 Å². The molecule has 0 spiro atoms. The van der Waals surface area contributed by atoms with Crippen LogP contribution in [0.25, 0.3) is 0 Å². The maximum absolute atomic E-state index is 11.5. The number of hydrogen-bond acceptors (Lipinski definition) is 6. The minimum absolute atomic E-state index is 0.00856. The topological polar surface area (TPSA) is 77.3 Å². The van der Waals surface area contributed by atoms with Gasteiger partial charge in [-0.05, 0) is 5.56 Å². The fourth-order valence-corrected chi connectivity index (χ4v) is 1.34. The average molecular weight is 236 g/mol. The molecule has 1 aromatic carbocycles. The molecule has 0 unspecified atom stereocenters. The van der Waals surface area contributed by atoms with E-state index in [1.807, 2.05) is 0 Å². The van der Waals surface area contributed by atoms with Crippen molar-refractivity contribution < 1.29 is 14.4 Å². The second kappa shape index (κ2) is 6.37. The van der Waals surface area contributed by atoms with Crippen LogP contribution in [0.1, 0.15) is 11.1 Å². The Labute approximate surface area is 98.2 Å². The van der Waals surface area contributed by atoms with Crippen molar-refractivity contribution in [2.45, 2.75) is 6.54 Å². The summed E-state index contributed by atoms with van der Waals surface area (Å²) < 4.78 is 4.59. The molecule has 6 nitrogen and oxygen atoms in total. The number of nitrogens with zero attached hydrogens (tertiary/aromatic N) is 2. The lowest BCUT2D eigenvalue weighted by Gasteiger charge is -2.07. The molecule has 0 aliphatic heterocycles. The Morgan fingerprint density at radius 1 is 1.29 bits per heavy atom. The fraction of sp³-hybridized carbons (Fsp3) is 0.273. The maximum atomic E-state index is 11.5. The highest BCUT2D eigenvalue weighted by atomic mass is 16.6. The molecule has 17 heavy (non-hydrogen) atoms. The SMILES string of the molecule is CON=C(C(=O)OC)c1ccccc1CN=O. The Morgan fingerprint density at radius 2 is 2.00 bits per heavy atom. The van der Waals surface area contributed by atoms with Gasteiger partial charge in [0.15, 0.2) is 5.71 Å². The highest BCUT2D eigenvalue weighted by Gasteiger charge is 2.18. The first-order valence-electron chi connectivity index (χ1n) is 4.81. The summed E-state index contributed by atoms with van der Waals surface area (Å²) in [5.41, 5.74) is 1.07. The monoisotopic (exact) mass is 236 g/mol. The van der Waals surface area contributed by atoms with Gasteiger partial charge >= 0.3 is 5.97 Å². The Bertz CT molecular complexity index is 443. The van der Waals surface area contributed by atoms with Gasteiger partial charge in [0.25, 0.3) is 0 Å². The summed E-state index contributed by atoms with van der Waals surface area (Å²) >= 11 is 0. The second-order valence-electron chi connectivity index (χ2n) is 3.06. The van der Waals surface area contributed by atoms with Crippen molar-refractivity contribution in [2.24, 2.45) is 10.3 Å². The zero-order valence-corrected chi connectivity index (χ0v) is 9.54. The lowest BCUT2D eigenvalue weighted by Crippen LogP contribution is -2.19.